The fourth-order valence-electron chi connectivity index (χ4n) is 2.20. The number of ether oxygens (including phenoxy) is 1. The van der Waals surface area contributed by atoms with Gasteiger partial charge in [-0.25, -0.2) is 4.98 Å². The smallest absolute Gasteiger partial charge is 0.219 e. The molecule has 1 saturated carbocycles. The highest BCUT2D eigenvalue weighted by Crippen LogP contribution is 2.44. The molecule has 2 N–H and O–H groups in total. The summed E-state index contributed by atoms with van der Waals surface area (Å²) < 4.78 is 20.2. The summed E-state index contributed by atoms with van der Waals surface area (Å²) in [5, 5.41) is 0. The first-order chi connectivity index (χ1) is 9.65. The van der Waals surface area contributed by atoms with Gasteiger partial charge in [0, 0.05) is 28.2 Å². The Hall–Kier alpha value is -1.46. The number of nitrogens with two attached hydrogens (primary N) is 1. The van der Waals surface area contributed by atoms with Crippen LogP contribution in [0, 0.1) is 5.95 Å². The molecule has 2 unspecified atom stereocenters. The van der Waals surface area contributed by atoms with Crippen molar-refractivity contribution in [3.05, 3.63) is 58.1 Å². The van der Waals surface area contributed by atoms with Crippen LogP contribution in [0.1, 0.15) is 23.5 Å². The van der Waals surface area contributed by atoms with Gasteiger partial charge in [0.25, 0.3) is 0 Å². The Bertz CT molecular complexity index is 635. The second kappa shape index (κ2) is 5.50. The van der Waals surface area contributed by atoms with Gasteiger partial charge in [0.2, 0.25) is 5.95 Å². The molecule has 1 aliphatic rings. The molecule has 0 aliphatic heterocycles. The molecule has 1 fully saturated rings. The lowest BCUT2D eigenvalue weighted by molar-refractivity contribution is 0.294. The van der Waals surface area contributed by atoms with Crippen molar-refractivity contribution in [1.82, 2.24) is 4.98 Å². The molecule has 1 aliphatic carbocycles. The minimum atomic E-state index is -0.491. The van der Waals surface area contributed by atoms with Crippen LogP contribution in [0.3, 0.4) is 0 Å². The molecule has 20 heavy (non-hydrogen) atoms. The lowest BCUT2D eigenvalue weighted by atomic mass is 10.1. The molecule has 0 spiro atoms. The minimum absolute atomic E-state index is 0.163. The van der Waals surface area contributed by atoms with E-state index >= 15 is 0 Å². The predicted octanol–water partition coefficient (Wildman–Crippen LogP) is 3.38. The number of nitrogens with zero attached hydrogens (tertiary/aromatic N) is 1. The lowest BCUT2D eigenvalue weighted by Crippen LogP contribution is -2.04. The zero-order valence-electron chi connectivity index (χ0n) is 10.7. The lowest BCUT2D eigenvalue weighted by Gasteiger charge is -2.12. The van der Waals surface area contributed by atoms with E-state index in [1.165, 1.54) is 6.20 Å². The number of benzene rings is 1. The zero-order chi connectivity index (χ0) is 14.1. The largest absolute Gasteiger partial charge is 0.488 e. The highest BCUT2D eigenvalue weighted by Gasteiger charge is 2.37. The van der Waals surface area contributed by atoms with Gasteiger partial charge in [-0.05, 0) is 42.3 Å². The molecule has 3 rings (SSSR count). The molecule has 5 heteroatoms. The van der Waals surface area contributed by atoms with Crippen LogP contribution in [0.2, 0.25) is 0 Å². The van der Waals surface area contributed by atoms with E-state index in [2.05, 4.69) is 20.9 Å². The molecule has 1 heterocycles. The summed E-state index contributed by atoms with van der Waals surface area (Å²) in [6.45, 7) is 0.163. The molecule has 0 saturated heterocycles. The molecule has 1 aromatic heterocycles. The number of pyridine rings is 1. The molecule has 0 bridgehead atoms. The number of hydrogen-bond donors (Lipinski definition) is 1. The van der Waals surface area contributed by atoms with Crippen LogP contribution in [0.25, 0.3) is 0 Å². The molecule has 2 atom stereocenters. The Labute approximate surface area is 125 Å². The van der Waals surface area contributed by atoms with Crippen molar-refractivity contribution in [2.24, 2.45) is 5.73 Å². The zero-order valence-corrected chi connectivity index (χ0v) is 12.3. The standard InChI is InChI=1S/C15H14BrFN2O/c16-10-3-4-14(12(6-10)11-7-13(11)18)20-8-9-2-1-5-19-15(9)17/h1-6,11,13H,7-8,18H2. The quantitative estimate of drug-likeness (QED) is 0.870. The van der Waals surface area contributed by atoms with Gasteiger partial charge in [-0.2, -0.15) is 4.39 Å². The van der Waals surface area contributed by atoms with Crippen LogP contribution >= 0.6 is 15.9 Å². The molecule has 1 aromatic carbocycles. The SMILES string of the molecule is NC1CC1c1cc(Br)ccc1OCc1cccnc1F. The van der Waals surface area contributed by atoms with Gasteiger partial charge in [-0.15, -0.1) is 0 Å². The highest BCUT2D eigenvalue weighted by atomic mass is 79.9. The maximum absolute atomic E-state index is 13.5. The number of hydrogen-bond acceptors (Lipinski definition) is 3. The summed E-state index contributed by atoms with van der Waals surface area (Å²) in [5.41, 5.74) is 7.43. The third kappa shape index (κ3) is 2.83. The average Bonchev–Trinajstić information content (AvgIpc) is 3.16. The van der Waals surface area contributed by atoms with E-state index in [1.807, 2.05) is 18.2 Å². The van der Waals surface area contributed by atoms with Crippen molar-refractivity contribution in [2.45, 2.75) is 25.0 Å². The fraction of sp³-hybridized carbons (Fsp3) is 0.267. The Morgan fingerprint density at radius 2 is 2.20 bits per heavy atom. The third-order valence-electron chi connectivity index (χ3n) is 3.43. The molecule has 104 valence electrons. The van der Waals surface area contributed by atoms with Crippen molar-refractivity contribution in [2.75, 3.05) is 0 Å². The first-order valence-corrected chi connectivity index (χ1v) is 7.21. The van der Waals surface area contributed by atoms with E-state index in [1.54, 1.807) is 12.1 Å². The second-order valence-electron chi connectivity index (χ2n) is 4.93. The summed E-state index contributed by atoms with van der Waals surface area (Å²) >= 11 is 3.45. The molecular formula is C15H14BrFN2O. The van der Waals surface area contributed by atoms with E-state index in [0.717, 1.165) is 22.2 Å². The van der Waals surface area contributed by atoms with Crippen LogP contribution in [0.5, 0.6) is 5.75 Å². The summed E-state index contributed by atoms with van der Waals surface area (Å²) in [5.74, 6) is 0.602. The molecule has 2 aromatic rings. The van der Waals surface area contributed by atoms with Crippen LogP contribution in [0.15, 0.2) is 41.0 Å². The Morgan fingerprint density at radius 3 is 2.90 bits per heavy atom. The summed E-state index contributed by atoms with van der Waals surface area (Å²) in [7, 11) is 0. The summed E-state index contributed by atoms with van der Waals surface area (Å²) in [4.78, 5) is 3.61. The van der Waals surface area contributed by atoms with E-state index in [-0.39, 0.29) is 12.6 Å². The van der Waals surface area contributed by atoms with E-state index < -0.39 is 5.95 Å². The van der Waals surface area contributed by atoms with Crippen molar-refractivity contribution in [3.63, 3.8) is 0 Å². The normalized spacial score (nSPS) is 20.8. The first-order valence-electron chi connectivity index (χ1n) is 6.42. The van der Waals surface area contributed by atoms with Gasteiger partial charge in [-0.3, -0.25) is 0 Å². The monoisotopic (exact) mass is 336 g/mol. The topological polar surface area (TPSA) is 48.1 Å². The molecular weight excluding hydrogens is 323 g/mol. The maximum atomic E-state index is 13.5. The summed E-state index contributed by atoms with van der Waals surface area (Å²) in [6.07, 6.45) is 2.39. The van der Waals surface area contributed by atoms with Crippen LogP contribution in [0.4, 0.5) is 4.39 Å². The van der Waals surface area contributed by atoms with Crippen LogP contribution in [-0.2, 0) is 6.61 Å². The predicted molar refractivity (Wildman–Crippen MR) is 78.0 cm³/mol. The second-order valence-corrected chi connectivity index (χ2v) is 5.85. The van der Waals surface area contributed by atoms with Crippen molar-refractivity contribution in [1.29, 1.82) is 0 Å². The Kier molecular flexibility index (Phi) is 3.72. The van der Waals surface area contributed by atoms with Gasteiger partial charge < -0.3 is 10.5 Å². The van der Waals surface area contributed by atoms with Crippen molar-refractivity contribution >= 4 is 15.9 Å². The number of aromatic nitrogens is 1. The Balaban J connectivity index is 1.79. The third-order valence-corrected chi connectivity index (χ3v) is 3.92. The van der Waals surface area contributed by atoms with Gasteiger partial charge in [-0.1, -0.05) is 15.9 Å². The molecule has 0 radical (unpaired) electrons. The van der Waals surface area contributed by atoms with Gasteiger partial charge in [0.05, 0.1) is 0 Å². The van der Waals surface area contributed by atoms with Gasteiger partial charge in [0.15, 0.2) is 0 Å². The Morgan fingerprint density at radius 1 is 1.40 bits per heavy atom. The van der Waals surface area contributed by atoms with Crippen molar-refractivity contribution < 1.29 is 9.13 Å². The maximum Gasteiger partial charge on any atom is 0.219 e. The van der Waals surface area contributed by atoms with Crippen LogP contribution < -0.4 is 10.5 Å². The van der Waals surface area contributed by atoms with Gasteiger partial charge >= 0.3 is 0 Å². The first kappa shape index (κ1) is 13.5. The van der Waals surface area contributed by atoms with Crippen LogP contribution in [-0.4, -0.2) is 11.0 Å². The van der Waals surface area contributed by atoms with E-state index in [9.17, 15) is 4.39 Å². The number of halogens is 2. The van der Waals surface area contributed by atoms with Gasteiger partial charge in [0.1, 0.15) is 12.4 Å². The number of rotatable bonds is 4. The molecule has 0 amide bonds. The highest BCUT2D eigenvalue weighted by molar-refractivity contribution is 9.10. The van der Waals surface area contributed by atoms with Crippen molar-refractivity contribution in [3.8, 4) is 5.75 Å². The fourth-order valence-corrected chi connectivity index (χ4v) is 2.57. The summed E-state index contributed by atoms with van der Waals surface area (Å²) in [6, 6.07) is 9.38. The minimum Gasteiger partial charge on any atom is -0.488 e. The average molecular weight is 337 g/mol. The molecule has 3 nitrogen and oxygen atoms in total. The van der Waals surface area contributed by atoms with E-state index in [0.29, 0.717) is 11.5 Å². The van der Waals surface area contributed by atoms with E-state index in [4.69, 9.17) is 10.5 Å².